The second kappa shape index (κ2) is 9.31. The van der Waals surface area contributed by atoms with Crippen LogP contribution in [0.3, 0.4) is 0 Å². The topological polar surface area (TPSA) is 74.3 Å². The van der Waals surface area contributed by atoms with E-state index in [0.717, 1.165) is 62.0 Å². The highest BCUT2D eigenvalue weighted by Gasteiger charge is 2.18. The first-order chi connectivity index (χ1) is 15.0. The van der Waals surface area contributed by atoms with Crippen LogP contribution in [0.5, 0.6) is 5.75 Å². The zero-order valence-corrected chi connectivity index (χ0v) is 18.4. The van der Waals surface area contributed by atoms with E-state index in [1.165, 1.54) is 5.56 Å². The van der Waals surface area contributed by atoms with Crippen LogP contribution in [0.2, 0.25) is 0 Å². The molecule has 0 unspecified atom stereocenters. The minimum absolute atomic E-state index is 0.0997. The molecule has 31 heavy (non-hydrogen) atoms. The number of methoxy groups -OCH3 is 1. The predicted molar refractivity (Wildman–Crippen MR) is 123 cm³/mol. The van der Waals surface area contributed by atoms with Gasteiger partial charge in [-0.25, -0.2) is 9.97 Å². The third kappa shape index (κ3) is 4.94. The molecule has 0 saturated carbocycles. The van der Waals surface area contributed by atoms with Gasteiger partial charge in [0.05, 0.1) is 7.11 Å². The Morgan fingerprint density at radius 2 is 1.77 bits per heavy atom. The van der Waals surface area contributed by atoms with E-state index >= 15 is 0 Å². The molecule has 1 aliphatic rings. The minimum Gasteiger partial charge on any atom is -0.497 e. The Morgan fingerprint density at radius 3 is 2.39 bits per heavy atom. The molecule has 0 aliphatic carbocycles. The van der Waals surface area contributed by atoms with Crippen molar-refractivity contribution in [2.75, 3.05) is 44.7 Å². The molecule has 2 aromatic heterocycles. The summed E-state index contributed by atoms with van der Waals surface area (Å²) < 4.78 is 5.22. The molecule has 7 nitrogen and oxygen atoms in total. The third-order valence-corrected chi connectivity index (χ3v) is 5.99. The van der Waals surface area contributed by atoms with Crippen molar-refractivity contribution in [3.8, 4) is 17.1 Å². The van der Waals surface area contributed by atoms with Gasteiger partial charge in [-0.3, -0.25) is 9.69 Å². The van der Waals surface area contributed by atoms with Gasteiger partial charge in [0.15, 0.2) is 0 Å². The molecular formula is C24H29N5O2. The van der Waals surface area contributed by atoms with Crippen LogP contribution in [0, 0.1) is 13.8 Å². The average Bonchev–Trinajstić information content (AvgIpc) is 2.81. The smallest absolute Gasteiger partial charge is 0.254 e. The molecule has 0 spiro atoms. The lowest BCUT2D eigenvalue weighted by Crippen LogP contribution is -2.47. The molecule has 1 N–H and O–H groups in total. The van der Waals surface area contributed by atoms with Gasteiger partial charge in [0.1, 0.15) is 17.4 Å². The molecule has 7 heteroatoms. The summed E-state index contributed by atoms with van der Waals surface area (Å²) in [6.07, 6.45) is 2.83. The fraction of sp³-hybridized carbons (Fsp3) is 0.375. The summed E-state index contributed by atoms with van der Waals surface area (Å²) in [6, 6.07) is 12.3. The Morgan fingerprint density at radius 1 is 1.03 bits per heavy atom. The summed E-state index contributed by atoms with van der Waals surface area (Å²) >= 11 is 0. The normalized spacial score (nSPS) is 14.6. The first kappa shape index (κ1) is 21.1. The molecule has 3 heterocycles. The monoisotopic (exact) mass is 419 g/mol. The Bertz CT molecular complexity index is 1070. The number of nitrogens with one attached hydrogen (secondary N) is 1. The van der Waals surface area contributed by atoms with E-state index in [0.29, 0.717) is 11.4 Å². The molecule has 1 saturated heterocycles. The fourth-order valence-electron chi connectivity index (χ4n) is 3.78. The van der Waals surface area contributed by atoms with E-state index in [2.05, 4.69) is 36.9 Å². The second-order valence-corrected chi connectivity index (χ2v) is 7.96. The Kier molecular flexibility index (Phi) is 6.32. The van der Waals surface area contributed by atoms with Crippen LogP contribution in [0.1, 0.15) is 16.8 Å². The number of anilines is 1. The lowest BCUT2D eigenvalue weighted by Gasteiger charge is -2.35. The van der Waals surface area contributed by atoms with Crippen LogP contribution < -0.4 is 15.2 Å². The molecule has 162 valence electrons. The highest BCUT2D eigenvalue weighted by atomic mass is 16.5. The van der Waals surface area contributed by atoms with Gasteiger partial charge in [-0.05, 0) is 50.1 Å². The van der Waals surface area contributed by atoms with E-state index in [9.17, 15) is 4.79 Å². The maximum absolute atomic E-state index is 12.0. The van der Waals surface area contributed by atoms with Crippen LogP contribution in [0.25, 0.3) is 11.4 Å². The number of benzene rings is 1. The number of hydrogen-bond acceptors (Lipinski definition) is 6. The van der Waals surface area contributed by atoms with Crippen molar-refractivity contribution < 1.29 is 4.74 Å². The maximum Gasteiger partial charge on any atom is 0.254 e. The zero-order chi connectivity index (χ0) is 21.8. The minimum atomic E-state index is -0.0997. The van der Waals surface area contributed by atoms with Gasteiger partial charge in [0.2, 0.25) is 0 Å². The summed E-state index contributed by atoms with van der Waals surface area (Å²) in [6.45, 7) is 8.63. The lowest BCUT2D eigenvalue weighted by atomic mass is 10.1. The summed E-state index contributed by atoms with van der Waals surface area (Å²) in [5, 5.41) is 0. The van der Waals surface area contributed by atoms with Gasteiger partial charge in [0, 0.05) is 55.7 Å². The van der Waals surface area contributed by atoms with Gasteiger partial charge >= 0.3 is 0 Å². The van der Waals surface area contributed by atoms with E-state index < -0.39 is 0 Å². The van der Waals surface area contributed by atoms with E-state index in [-0.39, 0.29) is 5.56 Å². The molecule has 0 atom stereocenters. The zero-order valence-electron chi connectivity index (χ0n) is 18.4. The van der Waals surface area contributed by atoms with E-state index in [4.69, 9.17) is 4.74 Å². The highest BCUT2D eigenvalue weighted by Crippen LogP contribution is 2.19. The van der Waals surface area contributed by atoms with E-state index in [1.807, 2.05) is 31.2 Å². The number of piperazine rings is 1. The van der Waals surface area contributed by atoms with Gasteiger partial charge in [-0.1, -0.05) is 12.1 Å². The quantitative estimate of drug-likeness (QED) is 0.662. The van der Waals surface area contributed by atoms with Crippen molar-refractivity contribution in [3.05, 3.63) is 69.8 Å². The van der Waals surface area contributed by atoms with Crippen LogP contribution in [-0.2, 0) is 6.42 Å². The highest BCUT2D eigenvalue weighted by molar-refractivity contribution is 5.56. The van der Waals surface area contributed by atoms with Crippen molar-refractivity contribution in [3.63, 3.8) is 0 Å². The molecule has 0 radical (unpaired) electrons. The first-order valence-corrected chi connectivity index (χ1v) is 10.7. The molecule has 1 aliphatic heterocycles. The predicted octanol–water partition coefficient (Wildman–Crippen LogP) is 2.82. The van der Waals surface area contributed by atoms with Crippen molar-refractivity contribution in [2.45, 2.75) is 20.3 Å². The molecular weight excluding hydrogens is 390 g/mol. The Balaban J connectivity index is 1.32. The van der Waals surface area contributed by atoms with Crippen LogP contribution in [-0.4, -0.2) is 59.7 Å². The Hall–Kier alpha value is -3.19. The van der Waals surface area contributed by atoms with Crippen LogP contribution in [0.15, 0.2) is 47.4 Å². The number of hydrogen-bond donors (Lipinski definition) is 1. The Labute approximate surface area is 182 Å². The molecule has 1 aromatic carbocycles. The van der Waals surface area contributed by atoms with Crippen LogP contribution >= 0.6 is 0 Å². The van der Waals surface area contributed by atoms with Gasteiger partial charge in [0.25, 0.3) is 5.56 Å². The number of aryl methyl sites for hydroxylation is 1. The van der Waals surface area contributed by atoms with Crippen molar-refractivity contribution in [2.24, 2.45) is 0 Å². The second-order valence-electron chi connectivity index (χ2n) is 7.96. The number of pyridine rings is 1. The summed E-state index contributed by atoms with van der Waals surface area (Å²) in [7, 11) is 1.69. The van der Waals surface area contributed by atoms with Crippen molar-refractivity contribution in [1.29, 1.82) is 0 Å². The lowest BCUT2D eigenvalue weighted by molar-refractivity contribution is 0.260. The fourth-order valence-corrected chi connectivity index (χ4v) is 3.78. The van der Waals surface area contributed by atoms with Gasteiger partial charge in [-0.2, -0.15) is 0 Å². The summed E-state index contributed by atoms with van der Waals surface area (Å²) in [5.74, 6) is 2.43. The molecule has 1 fully saturated rings. The summed E-state index contributed by atoms with van der Waals surface area (Å²) in [4.78, 5) is 28.8. The number of nitrogens with zero attached hydrogens (tertiary/aromatic N) is 4. The van der Waals surface area contributed by atoms with E-state index in [1.54, 1.807) is 20.2 Å². The first-order valence-electron chi connectivity index (χ1n) is 10.7. The third-order valence-electron chi connectivity index (χ3n) is 5.99. The standard InChI is InChI=1S/C24H29N5O2/c1-17-18(2)26-23(27-24(17)30)20-6-9-22(25-16-20)29-14-12-28(13-15-29)11-10-19-4-7-21(31-3)8-5-19/h4-9,16H,10-15H2,1-3H3,(H,26,27,30). The van der Waals surface area contributed by atoms with Crippen molar-refractivity contribution >= 4 is 5.82 Å². The molecule has 0 bridgehead atoms. The maximum atomic E-state index is 12.0. The van der Waals surface area contributed by atoms with Crippen LogP contribution in [0.4, 0.5) is 5.82 Å². The number of aromatic amines is 1. The molecule has 3 aromatic rings. The van der Waals surface area contributed by atoms with Gasteiger partial charge in [-0.15, -0.1) is 0 Å². The van der Waals surface area contributed by atoms with Crippen molar-refractivity contribution in [1.82, 2.24) is 19.9 Å². The van der Waals surface area contributed by atoms with Gasteiger partial charge < -0.3 is 14.6 Å². The number of rotatable bonds is 6. The largest absolute Gasteiger partial charge is 0.497 e. The number of aromatic nitrogens is 3. The summed E-state index contributed by atoms with van der Waals surface area (Å²) in [5.41, 5.74) is 3.45. The SMILES string of the molecule is COc1ccc(CCN2CCN(c3ccc(-c4nc(C)c(C)c(=O)[nH]4)cn3)CC2)cc1. The molecule has 0 amide bonds. The average molecular weight is 420 g/mol. The number of H-pyrrole nitrogens is 1. The number of ether oxygens (including phenoxy) is 1. The molecule has 4 rings (SSSR count).